The van der Waals surface area contributed by atoms with Gasteiger partial charge in [-0.3, -0.25) is 15.6 Å². The number of nitrogens with one attached hydrogen (secondary N) is 2. The smallest absolute Gasteiger partial charge is 0.272 e. The van der Waals surface area contributed by atoms with Gasteiger partial charge in [0.15, 0.2) is 0 Å². The molecule has 2 rings (SSSR count). The molecular formula is C11H5Cl5N2OS. The molecule has 0 unspecified atom stereocenters. The van der Waals surface area contributed by atoms with E-state index in [-0.39, 0.29) is 15.6 Å². The van der Waals surface area contributed by atoms with Crippen molar-refractivity contribution in [3.8, 4) is 0 Å². The van der Waals surface area contributed by atoms with E-state index in [1.807, 2.05) is 0 Å². The molecule has 3 nitrogen and oxygen atoms in total. The topological polar surface area (TPSA) is 41.1 Å². The van der Waals surface area contributed by atoms with Gasteiger partial charge in [-0.1, -0.05) is 58.0 Å². The molecule has 0 spiro atoms. The third-order valence-corrected chi connectivity index (χ3v) is 4.51. The molecule has 9 heteroatoms. The fourth-order valence-corrected chi connectivity index (χ4v) is 3.71. The molecule has 0 aliphatic heterocycles. The minimum absolute atomic E-state index is 0.260. The van der Waals surface area contributed by atoms with Crippen LogP contribution >= 0.6 is 69.3 Å². The molecular weight excluding hydrogens is 385 g/mol. The van der Waals surface area contributed by atoms with Gasteiger partial charge in [0.05, 0.1) is 25.6 Å². The number of rotatable bonds is 3. The lowest BCUT2D eigenvalue weighted by molar-refractivity contribution is 0.0963. The van der Waals surface area contributed by atoms with E-state index >= 15 is 0 Å². The Balaban J connectivity index is 2.13. The molecule has 0 saturated heterocycles. The van der Waals surface area contributed by atoms with Crippen molar-refractivity contribution in [1.82, 2.24) is 5.43 Å². The van der Waals surface area contributed by atoms with E-state index in [2.05, 4.69) is 10.9 Å². The average Bonchev–Trinajstić information content (AvgIpc) is 2.66. The highest BCUT2D eigenvalue weighted by Crippen LogP contribution is 2.34. The van der Waals surface area contributed by atoms with Crippen LogP contribution < -0.4 is 10.9 Å². The number of hydrazine groups is 1. The lowest BCUT2D eigenvalue weighted by atomic mass is 10.3. The maximum absolute atomic E-state index is 11.9. The van der Waals surface area contributed by atoms with Crippen LogP contribution in [-0.4, -0.2) is 5.91 Å². The fraction of sp³-hybridized carbons (Fsp3) is 0. The largest absolute Gasteiger partial charge is 0.295 e. The second-order valence-corrected chi connectivity index (χ2v) is 7.10. The highest BCUT2D eigenvalue weighted by Gasteiger charge is 2.15. The molecule has 1 aromatic heterocycles. The first kappa shape index (κ1) is 16.0. The molecule has 0 fully saturated rings. The van der Waals surface area contributed by atoms with Crippen molar-refractivity contribution in [2.75, 3.05) is 5.43 Å². The number of halogens is 5. The summed E-state index contributed by atoms with van der Waals surface area (Å²) in [5.41, 5.74) is 5.65. The van der Waals surface area contributed by atoms with Crippen LogP contribution in [0.1, 0.15) is 10.4 Å². The summed E-state index contributed by atoms with van der Waals surface area (Å²) >= 11 is 30.5. The molecule has 2 N–H and O–H groups in total. The number of anilines is 1. The van der Waals surface area contributed by atoms with Gasteiger partial charge in [-0.05, 0) is 18.2 Å². The van der Waals surface area contributed by atoms with E-state index in [0.717, 1.165) is 11.3 Å². The molecule has 0 radical (unpaired) electrons. The second-order valence-electron chi connectivity index (χ2n) is 3.56. The van der Waals surface area contributed by atoms with E-state index < -0.39 is 5.91 Å². The zero-order valence-corrected chi connectivity index (χ0v) is 14.0. The summed E-state index contributed by atoms with van der Waals surface area (Å²) in [4.78, 5) is 11.9. The summed E-state index contributed by atoms with van der Waals surface area (Å²) in [7, 11) is 0. The zero-order valence-electron chi connectivity index (χ0n) is 9.44. The number of thiophene rings is 1. The lowest BCUT2D eigenvalue weighted by Gasteiger charge is -2.11. The van der Waals surface area contributed by atoms with Gasteiger partial charge in [0, 0.05) is 5.02 Å². The van der Waals surface area contributed by atoms with Gasteiger partial charge in [-0.25, -0.2) is 0 Å². The maximum atomic E-state index is 11.9. The Morgan fingerprint density at radius 2 is 1.60 bits per heavy atom. The number of amides is 1. The Morgan fingerprint density at radius 1 is 1.00 bits per heavy atom. The van der Waals surface area contributed by atoms with Gasteiger partial charge >= 0.3 is 0 Å². The predicted molar refractivity (Wildman–Crippen MR) is 86.9 cm³/mol. The molecule has 0 bridgehead atoms. The first-order valence-electron chi connectivity index (χ1n) is 5.04. The molecule has 0 saturated carbocycles. The molecule has 20 heavy (non-hydrogen) atoms. The molecule has 1 aromatic carbocycles. The quantitative estimate of drug-likeness (QED) is 0.653. The Bertz CT molecular complexity index is 650. The van der Waals surface area contributed by atoms with E-state index in [1.165, 1.54) is 18.2 Å². The van der Waals surface area contributed by atoms with Crippen molar-refractivity contribution in [2.45, 2.75) is 0 Å². The Kier molecular flexibility index (Phi) is 5.29. The van der Waals surface area contributed by atoms with Crippen LogP contribution in [-0.2, 0) is 0 Å². The zero-order chi connectivity index (χ0) is 14.9. The molecule has 0 aliphatic rings. The van der Waals surface area contributed by atoms with Crippen molar-refractivity contribution < 1.29 is 4.79 Å². The highest BCUT2D eigenvalue weighted by atomic mass is 35.5. The van der Waals surface area contributed by atoms with Crippen LogP contribution in [0, 0.1) is 0 Å². The number of hydrogen-bond donors (Lipinski definition) is 2. The Hall–Kier alpha value is -0.360. The highest BCUT2D eigenvalue weighted by molar-refractivity contribution is 7.20. The van der Waals surface area contributed by atoms with E-state index in [1.54, 1.807) is 0 Å². The molecule has 1 heterocycles. The Morgan fingerprint density at radius 3 is 2.10 bits per heavy atom. The van der Waals surface area contributed by atoms with Gasteiger partial charge in [-0.2, -0.15) is 0 Å². The van der Waals surface area contributed by atoms with Crippen molar-refractivity contribution in [2.24, 2.45) is 0 Å². The number of carbonyl (C=O) groups is 1. The molecule has 0 aliphatic carbocycles. The lowest BCUT2D eigenvalue weighted by Crippen LogP contribution is -2.29. The monoisotopic (exact) mass is 388 g/mol. The maximum Gasteiger partial charge on any atom is 0.272 e. The van der Waals surface area contributed by atoms with Gasteiger partial charge in [0.25, 0.3) is 5.91 Å². The van der Waals surface area contributed by atoms with Crippen LogP contribution in [0.5, 0.6) is 0 Å². The van der Waals surface area contributed by atoms with Crippen LogP contribution in [0.3, 0.4) is 0 Å². The predicted octanol–water partition coefficient (Wildman–Crippen LogP) is 5.77. The average molecular weight is 391 g/mol. The summed E-state index contributed by atoms with van der Waals surface area (Å²) in [6.45, 7) is 0. The molecule has 2 aromatic rings. The molecule has 1 amide bonds. The summed E-state index contributed by atoms with van der Waals surface area (Å²) in [5.74, 6) is -0.458. The minimum atomic E-state index is -0.458. The summed E-state index contributed by atoms with van der Waals surface area (Å²) in [5, 5.41) is 0.944. The second kappa shape index (κ2) is 6.60. The fourth-order valence-electron chi connectivity index (χ4n) is 1.34. The van der Waals surface area contributed by atoms with Gasteiger partial charge < -0.3 is 0 Å². The van der Waals surface area contributed by atoms with Gasteiger partial charge in [0.2, 0.25) is 0 Å². The van der Waals surface area contributed by atoms with Crippen LogP contribution in [0.15, 0.2) is 18.2 Å². The summed E-state index contributed by atoms with van der Waals surface area (Å²) in [6, 6.07) is 4.46. The third-order valence-electron chi connectivity index (χ3n) is 2.21. The Labute approximate surface area is 143 Å². The summed E-state index contributed by atoms with van der Waals surface area (Å²) < 4.78 is 0.713. The molecule has 106 valence electrons. The number of carbonyl (C=O) groups excluding carboxylic acids is 1. The first-order chi connectivity index (χ1) is 9.38. The minimum Gasteiger partial charge on any atom is -0.295 e. The number of benzene rings is 1. The van der Waals surface area contributed by atoms with Crippen molar-refractivity contribution in [3.05, 3.63) is 47.5 Å². The SMILES string of the molecule is O=C(NNc1c(Cl)cc(Cl)cc1Cl)c1cc(Cl)sc1Cl. The number of hydrogen-bond acceptors (Lipinski definition) is 3. The van der Waals surface area contributed by atoms with E-state index in [0.29, 0.717) is 19.4 Å². The van der Waals surface area contributed by atoms with Gasteiger partial charge in [-0.15, -0.1) is 11.3 Å². The van der Waals surface area contributed by atoms with Crippen molar-refractivity contribution in [3.63, 3.8) is 0 Å². The standard InChI is InChI=1S/C11H5Cl5N2OS/c12-4-1-6(13)9(7(14)2-4)17-18-11(19)5-3-8(15)20-10(5)16/h1-3,17H,(H,18,19). The van der Waals surface area contributed by atoms with E-state index in [4.69, 9.17) is 58.0 Å². The molecule has 0 atom stereocenters. The van der Waals surface area contributed by atoms with Crippen LogP contribution in [0.25, 0.3) is 0 Å². The van der Waals surface area contributed by atoms with Crippen molar-refractivity contribution >= 4 is 80.9 Å². The van der Waals surface area contributed by atoms with E-state index in [9.17, 15) is 4.79 Å². The van der Waals surface area contributed by atoms with Crippen molar-refractivity contribution in [1.29, 1.82) is 0 Å². The third kappa shape index (κ3) is 3.64. The summed E-state index contributed by atoms with van der Waals surface area (Å²) in [6.07, 6.45) is 0. The normalized spacial score (nSPS) is 10.4. The van der Waals surface area contributed by atoms with Crippen LogP contribution in [0.4, 0.5) is 5.69 Å². The first-order valence-corrected chi connectivity index (χ1v) is 7.75. The van der Waals surface area contributed by atoms with Crippen LogP contribution in [0.2, 0.25) is 23.7 Å². The van der Waals surface area contributed by atoms with Gasteiger partial charge in [0.1, 0.15) is 4.34 Å².